The summed E-state index contributed by atoms with van der Waals surface area (Å²) in [6, 6.07) is 0. The molecule has 0 aromatic rings. The summed E-state index contributed by atoms with van der Waals surface area (Å²) in [5.41, 5.74) is 0. The predicted molar refractivity (Wildman–Crippen MR) is 25.2 cm³/mol. The van der Waals surface area contributed by atoms with Gasteiger partial charge in [-0.25, -0.2) is 0 Å². The summed E-state index contributed by atoms with van der Waals surface area (Å²) in [5.74, 6) is 0.111. The Hall–Kier alpha value is 0.774. The summed E-state index contributed by atoms with van der Waals surface area (Å²) in [6.45, 7) is 6.81. The van der Waals surface area contributed by atoms with Gasteiger partial charge in [0, 0.05) is 32.7 Å². The monoisotopic (exact) mass is 174 g/mol. The van der Waals surface area contributed by atoms with E-state index in [4.69, 9.17) is 0 Å². The fourth-order valence-electron chi connectivity index (χ4n) is 0. The Kier molecular flexibility index (Phi) is 7.52. The van der Waals surface area contributed by atoms with Gasteiger partial charge in [-0.1, -0.05) is 6.92 Å². The van der Waals surface area contributed by atoms with E-state index < -0.39 is 0 Å². The van der Waals surface area contributed by atoms with Gasteiger partial charge < -0.3 is 11.7 Å². The molecule has 2 heteroatoms. The summed E-state index contributed by atoms with van der Waals surface area (Å²) in [7, 11) is 0. The van der Waals surface area contributed by atoms with Crippen LogP contribution in [-0.2, 0) is 37.5 Å². The standard InChI is InChI=1S/C5H9O.Y/c1-4(2)5(3)6;/h4H,1H2,2-3H3;/q-1;. The topological polar surface area (TPSA) is 17.1 Å². The second kappa shape index (κ2) is 4.92. The van der Waals surface area contributed by atoms with Crippen molar-refractivity contribution in [2.45, 2.75) is 13.8 Å². The zero-order valence-electron chi connectivity index (χ0n) is 4.77. The van der Waals surface area contributed by atoms with Gasteiger partial charge in [0.05, 0.1) is 0 Å². The molecule has 1 nitrogen and oxygen atoms in total. The van der Waals surface area contributed by atoms with Crippen molar-refractivity contribution in [2.75, 3.05) is 0 Å². The van der Waals surface area contributed by atoms with E-state index in [-0.39, 0.29) is 44.4 Å². The van der Waals surface area contributed by atoms with Crippen molar-refractivity contribution in [1.29, 1.82) is 0 Å². The average Bonchev–Trinajstić information content (AvgIpc) is 1.36. The van der Waals surface area contributed by atoms with Crippen LogP contribution >= 0.6 is 0 Å². The zero-order valence-corrected chi connectivity index (χ0v) is 7.61. The van der Waals surface area contributed by atoms with Crippen molar-refractivity contribution in [3.63, 3.8) is 0 Å². The number of ketones is 1. The molecule has 1 unspecified atom stereocenters. The minimum Gasteiger partial charge on any atom is -0.333 e. The molecule has 0 saturated heterocycles. The van der Waals surface area contributed by atoms with Gasteiger partial charge in [0.2, 0.25) is 0 Å². The summed E-state index contributed by atoms with van der Waals surface area (Å²) < 4.78 is 0. The first kappa shape index (κ1) is 10.7. The number of carbonyl (C=O) groups is 1. The van der Waals surface area contributed by atoms with E-state index in [0.717, 1.165) is 0 Å². The molecular formula is C5H9OY-. The Morgan fingerprint density at radius 3 is 1.86 bits per heavy atom. The van der Waals surface area contributed by atoms with Crippen LogP contribution in [0, 0.1) is 12.8 Å². The quantitative estimate of drug-likeness (QED) is 0.543. The Bertz CT molecular complexity index is 59.1. The first-order valence-corrected chi connectivity index (χ1v) is 1.98. The van der Waals surface area contributed by atoms with Crippen LogP contribution in [0.3, 0.4) is 0 Å². The zero-order chi connectivity index (χ0) is 5.15. The predicted octanol–water partition coefficient (Wildman–Crippen LogP) is 1.04. The molecule has 7 heavy (non-hydrogen) atoms. The van der Waals surface area contributed by atoms with Crippen LogP contribution in [0.2, 0.25) is 0 Å². The van der Waals surface area contributed by atoms with Crippen molar-refractivity contribution in [1.82, 2.24) is 0 Å². The van der Waals surface area contributed by atoms with E-state index in [1.807, 2.05) is 0 Å². The van der Waals surface area contributed by atoms with Crippen LogP contribution in [0.4, 0.5) is 0 Å². The minimum atomic E-state index is -0.0370. The van der Waals surface area contributed by atoms with E-state index in [9.17, 15) is 4.79 Å². The maximum Gasteiger partial charge on any atom is 0.102 e. The number of Topliss-reactive ketones (excluding diaryl/α,β-unsaturated/α-hetero) is 1. The molecule has 0 amide bonds. The van der Waals surface area contributed by atoms with Crippen molar-refractivity contribution < 1.29 is 37.5 Å². The molecule has 1 atom stereocenters. The minimum absolute atomic E-state index is 0. The molecule has 0 aliphatic heterocycles. The first-order valence-electron chi connectivity index (χ1n) is 1.98. The second-order valence-corrected chi connectivity index (χ2v) is 1.51. The molecule has 0 aromatic carbocycles. The third-order valence-electron chi connectivity index (χ3n) is 0.694. The Labute approximate surface area is 69.7 Å². The third kappa shape index (κ3) is 6.77. The van der Waals surface area contributed by atoms with E-state index in [1.165, 1.54) is 6.92 Å². The number of carbonyl (C=O) groups excluding carboxylic acids is 1. The van der Waals surface area contributed by atoms with Gasteiger partial charge in [0.1, 0.15) is 5.78 Å². The van der Waals surface area contributed by atoms with Crippen LogP contribution < -0.4 is 0 Å². The van der Waals surface area contributed by atoms with Gasteiger partial charge in [-0.15, -0.1) is 5.92 Å². The largest absolute Gasteiger partial charge is 0.333 e. The maximum atomic E-state index is 10.1. The van der Waals surface area contributed by atoms with E-state index in [1.54, 1.807) is 6.92 Å². The van der Waals surface area contributed by atoms with Crippen molar-refractivity contribution in [3.05, 3.63) is 6.92 Å². The van der Waals surface area contributed by atoms with E-state index in [0.29, 0.717) is 0 Å². The van der Waals surface area contributed by atoms with Gasteiger partial charge in [0.25, 0.3) is 0 Å². The van der Waals surface area contributed by atoms with Crippen LogP contribution in [0.15, 0.2) is 0 Å². The summed E-state index contributed by atoms with van der Waals surface area (Å²) in [6.07, 6.45) is 0. The second-order valence-electron chi connectivity index (χ2n) is 1.51. The molecule has 0 aromatic heterocycles. The molecule has 0 N–H and O–H groups in total. The van der Waals surface area contributed by atoms with Crippen molar-refractivity contribution in [2.24, 2.45) is 5.92 Å². The molecule has 1 radical (unpaired) electrons. The Morgan fingerprint density at radius 1 is 1.71 bits per heavy atom. The van der Waals surface area contributed by atoms with Gasteiger partial charge in [0.15, 0.2) is 0 Å². The summed E-state index contributed by atoms with van der Waals surface area (Å²) in [4.78, 5) is 10.1. The van der Waals surface area contributed by atoms with Gasteiger partial charge in [-0.05, 0) is 6.92 Å². The molecule has 0 saturated carbocycles. The normalized spacial score (nSPS) is 11.9. The summed E-state index contributed by atoms with van der Waals surface area (Å²) >= 11 is 0. The van der Waals surface area contributed by atoms with E-state index >= 15 is 0 Å². The average molecular weight is 174 g/mol. The number of hydrogen-bond acceptors (Lipinski definition) is 1. The number of rotatable bonds is 1. The SMILES string of the molecule is [CH2-]C(C)C(C)=O.[Y]. The third-order valence-corrected chi connectivity index (χ3v) is 0.694. The number of hydrogen-bond donors (Lipinski definition) is 0. The molecule has 0 spiro atoms. The first-order chi connectivity index (χ1) is 2.64. The molecule has 0 heterocycles. The molecule has 39 valence electrons. The van der Waals surface area contributed by atoms with Crippen molar-refractivity contribution in [3.8, 4) is 0 Å². The smallest absolute Gasteiger partial charge is 0.102 e. The van der Waals surface area contributed by atoms with E-state index in [2.05, 4.69) is 6.92 Å². The van der Waals surface area contributed by atoms with Gasteiger partial charge in [-0.2, -0.15) is 0 Å². The maximum absolute atomic E-state index is 10.1. The van der Waals surface area contributed by atoms with Crippen LogP contribution in [0.1, 0.15) is 13.8 Å². The van der Waals surface area contributed by atoms with Gasteiger partial charge in [-0.3, -0.25) is 0 Å². The molecule has 0 aliphatic rings. The molecule has 0 aliphatic carbocycles. The molecule has 0 rings (SSSR count). The van der Waals surface area contributed by atoms with Crippen LogP contribution in [0.25, 0.3) is 0 Å². The molecular weight excluding hydrogens is 165 g/mol. The van der Waals surface area contributed by atoms with Crippen molar-refractivity contribution >= 4 is 5.78 Å². The molecule has 0 fully saturated rings. The molecule has 0 bridgehead atoms. The fourth-order valence-corrected chi connectivity index (χ4v) is 0. The Morgan fingerprint density at radius 2 is 1.86 bits per heavy atom. The van der Waals surface area contributed by atoms with Crippen LogP contribution in [-0.4, -0.2) is 5.78 Å². The Balaban J connectivity index is 0. The summed E-state index contributed by atoms with van der Waals surface area (Å²) in [5, 5.41) is 0. The fraction of sp³-hybridized carbons (Fsp3) is 0.600. The van der Waals surface area contributed by atoms with Gasteiger partial charge >= 0.3 is 0 Å². The van der Waals surface area contributed by atoms with Crippen LogP contribution in [0.5, 0.6) is 0 Å².